The van der Waals surface area contributed by atoms with Crippen LogP contribution >= 0.6 is 6.46 Å². The lowest BCUT2D eigenvalue weighted by Crippen LogP contribution is -2.10. The van der Waals surface area contributed by atoms with Gasteiger partial charge >= 0.3 is 0 Å². The molecule has 0 bridgehead atoms. The van der Waals surface area contributed by atoms with E-state index in [9.17, 15) is 9.59 Å². The van der Waals surface area contributed by atoms with E-state index in [4.69, 9.17) is 12.2 Å². The standard InChI is InChI=1S/C21H19O2PS/c1-14-15(2)21(19(23)17-12-8-5-9-13-17)24(3,25)20(14)18(22)16-10-6-4-7-11-16/h4-13H,1-3H3. The number of carbonyl (C=O) groups is 2. The monoisotopic (exact) mass is 366 g/mol. The second kappa shape index (κ2) is 6.74. The molecule has 2 nitrogen and oxygen atoms in total. The average molecular weight is 366 g/mol. The highest BCUT2D eigenvalue weighted by atomic mass is 32.7. The highest BCUT2D eigenvalue weighted by molar-refractivity contribution is 8.46. The van der Waals surface area contributed by atoms with Gasteiger partial charge in [-0.25, -0.2) is 0 Å². The van der Waals surface area contributed by atoms with Crippen LogP contribution in [-0.2, 0) is 12.2 Å². The molecule has 0 radical (unpaired) electrons. The molecule has 0 saturated heterocycles. The van der Waals surface area contributed by atoms with E-state index in [1.54, 1.807) is 24.3 Å². The van der Waals surface area contributed by atoms with Crippen molar-refractivity contribution in [1.29, 1.82) is 0 Å². The van der Waals surface area contributed by atoms with Gasteiger partial charge in [-0.1, -0.05) is 60.7 Å². The van der Waals surface area contributed by atoms with Crippen molar-refractivity contribution in [3.05, 3.63) is 93.6 Å². The molecule has 0 aromatic heterocycles. The second-order valence-electron chi connectivity index (χ2n) is 6.26. The third-order valence-electron chi connectivity index (χ3n) is 4.63. The molecule has 4 heteroatoms. The number of hydrogen-bond acceptors (Lipinski definition) is 3. The Labute approximate surface area is 154 Å². The van der Waals surface area contributed by atoms with Crippen LogP contribution in [0.15, 0.2) is 82.4 Å². The van der Waals surface area contributed by atoms with Gasteiger partial charge in [-0.15, -0.1) is 0 Å². The fourth-order valence-corrected chi connectivity index (χ4v) is 7.48. The van der Waals surface area contributed by atoms with Crippen molar-refractivity contribution in [2.24, 2.45) is 0 Å². The van der Waals surface area contributed by atoms with Crippen molar-refractivity contribution in [3.63, 3.8) is 0 Å². The largest absolute Gasteiger partial charge is 0.546 e. The van der Waals surface area contributed by atoms with Gasteiger partial charge in [-0.3, -0.25) is 9.59 Å². The van der Waals surface area contributed by atoms with Crippen molar-refractivity contribution in [3.8, 4) is 0 Å². The highest BCUT2D eigenvalue weighted by Gasteiger charge is 2.45. The molecule has 2 aromatic carbocycles. The molecule has 0 aliphatic carbocycles. The number of ketones is 2. The smallest absolute Gasteiger partial charge is 0.226 e. The summed E-state index contributed by atoms with van der Waals surface area (Å²) < 4.78 is 0. The lowest BCUT2D eigenvalue weighted by molar-refractivity contribution is 0.103. The Morgan fingerprint density at radius 2 is 1.04 bits per heavy atom. The van der Waals surface area contributed by atoms with Crippen LogP contribution in [0.5, 0.6) is 0 Å². The van der Waals surface area contributed by atoms with Crippen LogP contribution in [0.3, 0.4) is 0 Å². The van der Waals surface area contributed by atoms with Gasteiger partial charge in [0.25, 0.3) is 0 Å². The highest BCUT2D eigenvalue weighted by Crippen LogP contribution is 2.74. The molecule has 3 rings (SSSR count). The van der Waals surface area contributed by atoms with Gasteiger partial charge in [0.05, 0.1) is 0 Å². The summed E-state index contributed by atoms with van der Waals surface area (Å²) in [7, 11) is 0. The predicted octanol–water partition coefficient (Wildman–Crippen LogP) is 5.42. The van der Waals surface area contributed by atoms with Crippen LogP contribution in [0.4, 0.5) is 0 Å². The maximum absolute atomic E-state index is 13.1. The van der Waals surface area contributed by atoms with Gasteiger partial charge in [0.2, 0.25) is 11.6 Å². The fourth-order valence-electron chi connectivity index (χ4n) is 3.29. The molecule has 0 N–H and O–H groups in total. The molecule has 0 saturated carbocycles. The molecule has 0 unspecified atom stereocenters. The number of carbonyl (C=O) groups excluding carboxylic acids is 2. The zero-order valence-electron chi connectivity index (χ0n) is 14.4. The zero-order valence-corrected chi connectivity index (χ0v) is 16.2. The molecule has 1 aliphatic heterocycles. The summed E-state index contributed by atoms with van der Waals surface area (Å²) in [5.74, 6) is -0.113. The van der Waals surface area contributed by atoms with Crippen molar-refractivity contribution in [1.82, 2.24) is 0 Å². The first kappa shape index (κ1) is 17.8. The molecule has 0 fully saturated rings. The Balaban J connectivity index is 2.06. The lowest BCUT2D eigenvalue weighted by Gasteiger charge is -2.28. The fraction of sp³-hybridized carbons (Fsp3) is 0.143. The van der Waals surface area contributed by atoms with Crippen LogP contribution in [0.2, 0.25) is 0 Å². The first-order valence-corrected chi connectivity index (χ1v) is 11.3. The van der Waals surface area contributed by atoms with Gasteiger partial charge in [-0.05, 0) is 20.3 Å². The molecule has 25 heavy (non-hydrogen) atoms. The van der Waals surface area contributed by atoms with Gasteiger partial charge in [-0.2, -0.15) is 0 Å². The average Bonchev–Trinajstić information content (AvgIpc) is 2.80. The Morgan fingerprint density at radius 1 is 0.720 bits per heavy atom. The van der Waals surface area contributed by atoms with Crippen molar-refractivity contribution >= 4 is 30.3 Å². The van der Waals surface area contributed by atoms with Crippen LogP contribution in [0, 0.1) is 0 Å². The summed E-state index contributed by atoms with van der Waals surface area (Å²) >= 11 is 5.91. The predicted molar refractivity (Wildman–Crippen MR) is 107 cm³/mol. The zero-order chi connectivity index (χ0) is 18.2. The minimum absolute atomic E-state index is 0.0563. The van der Waals surface area contributed by atoms with Crippen LogP contribution in [0.1, 0.15) is 34.6 Å². The number of benzene rings is 2. The van der Waals surface area contributed by atoms with E-state index in [1.165, 1.54) is 0 Å². The molecule has 0 atom stereocenters. The SMILES string of the molecule is CC1=C(C(=O)c2ccccc2)[P+](C)([S-])C(C(=O)c2ccccc2)=C1C. The van der Waals surface area contributed by atoms with Crippen molar-refractivity contribution in [2.75, 3.05) is 6.66 Å². The quantitative estimate of drug-likeness (QED) is 0.411. The van der Waals surface area contributed by atoms with Gasteiger partial charge in [0, 0.05) is 28.9 Å². The number of rotatable bonds is 4. The summed E-state index contributed by atoms with van der Waals surface area (Å²) in [5, 5.41) is 1.29. The minimum atomic E-state index is -2.43. The maximum Gasteiger partial charge on any atom is 0.226 e. The molecule has 0 amide bonds. The first-order valence-electron chi connectivity index (χ1n) is 8.06. The van der Waals surface area contributed by atoms with Crippen molar-refractivity contribution in [2.45, 2.75) is 13.8 Å². The van der Waals surface area contributed by atoms with E-state index < -0.39 is 6.46 Å². The number of hydrogen-bond donors (Lipinski definition) is 0. The van der Waals surface area contributed by atoms with Crippen LogP contribution in [0.25, 0.3) is 0 Å². The molecule has 1 aliphatic rings. The second-order valence-corrected chi connectivity index (χ2v) is 11.2. The summed E-state index contributed by atoms with van der Waals surface area (Å²) in [6.07, 6.45) is 0. The molecule has 0 spiro atoms. The molecule has 1 heterocycles. The van der Waals surface area contributed by atoms with E-state index in [1.807, 2.05) is 56.9 Å². The molecule has 126 valence electrons. The summed E-state index contributed by atoms with van der Waals surface area (Å²) in [4.78, 5) is 26.2. The maximum atomic E-state index is 13.1. The number of allylic oxidation sites excluding steroid dienone is 4. The Bertz CT molecular complexity index is 834. The van der Waals surface area contributed by atoms with E-state index in [0.717, 1.165) is 11.1 Å². The summed E-state index contributed by atoms with van der Waals surface area (Å²) in [6.45, 7) is 3.28. The third kappa shape index (κ3) is 3.03. The molecule has 2 aromatic rings. The first-order chi connectivity index (χ1) is 11.9. The summed E-state index contributed by atoms with van der Waals surface area (Å²) in [5.41, 5.74) is 2.96. The van der Waals surface area contributed by atoms with E-state index in [-0.39, 0.29) is 11.6 Å². The lowest BCUT2D eigenvalue weighted by atomic mass is 10.0. The van der Waals surface area contributed by atoms with E-state index >= 15 is 0 Å². The van der Waals surface area contributed by atoms with E-state index in [0.29, 0.717) is 21.8 Å². The van der Waals surface area contributed by atoms with Gasteiger partial charge < -0.3 is 12.2 Å². The third-order valence-corrected chi connectivity index (χ3v) is 8.51. The van der Waals surface area contributed by atoms with E-state index in [2.05, 4.69) is 0 Å². The van der Waals surface area contributed by atoms with Gasteiger partial charge in [0.1, 0.15) is 10.6 Å². The Hall–Kier alpha value is -1.96. The van der Waals surface area contributed by atoms with Crippen molar-refractivity contribution < 1.29 is 9.59 Å². The Kier molecular flexibility index (Phi) is 4.81. The normalized spacial score (nSPS) is 16.3. The molecular formula is C21H19O2PS. The minimum Gasteiger partial charge on any atom is -0.546 e. The molecular weight excluding hydrogens is 347 g/mol. The Morgan fingerprint density at radius 3 is 1.36 bits per heavy atom. The van der Waals surface area contributed by atoms with Crippen LogP contribution in [-0.4, -0.2) is 18.2 Å². The number of Topliss-reactive ketones (excluding diaryl/α,β-unsaturated/α-hetero) is 2. The van der Waals surface area contributed by atoms with Crippen LogP contribution < -0.4 is 0 Å². The topological polar surface area (TPSA) is 34.1 Å². The summed E-state index contributed by atoms with van der Waals surface area (Å²) in [6, 6.07) is 18.3. The van der Waals surface area contributed by atoms with Gasteiger partial charge in [0.15, 0.2) is 0 Å².